The number of hydrogen-bond acceptors (Lipinski definition) is 5. The number of amides is 3. The highest BCUT2D eigenvalue weighted by Crippen LogP contribution is 2.66. The van der Waals surface area contributed by atoms with E-state index in [0.717, 1.165) is 11.1 Å². The molecule has 3 aromatic carbocycles. The van der Waals surface area contributed by atoms with Crippen molar-refractivity contribution in [2.45, 2.75) is 57.4 Å². The quantitative estimate of drug-likeness (QED) is 0.386. The third kappa shape index (κ3) is 4.24. The van der Waals surface area contributed by atoms with Gasteiger partial charge in [0.1, 0.15) is 11.6 Å². The van der Waals surface area contributed by atoms with Gasteiger partial charge in [-0.25, -0.2) is 0 Å². The summed E-state index contributed by atoms with van der Waals surface area (Å²) in [6.45, 7) is 7.38. The van der Waals surface area contributed by atoms with Crippen molar-refractivity contribution < 1.29 is 24.2 Å². The summed E-state index contributed by atoms with van der Waals surface area (Å²) in [6, 6.07) is 22.3. The zero-order chi connectivity index (χ0) is 29.8. The molecule has 3 aliphatic heterocycles. The second-order valence-electron chi connectivity index (χ2n) is 12.2. The maximum atomic E-state index is 14.6. The van der Waals surface area contributed by atoms with Gasteiger partial charge in [0, 0.05) is 11.4 Å². The maximum Gasteiger partial charge on any atom is 0.250 e. The number of aryl methyl sites for hydroxylation is 2. The lowest BCUT2D eigenvalue weighted by Gasteiger charge is -2.37. The first-order chi connectivity index (χ1) is 20.1. The van der Waals surface area contributed by atoms with Crippen LogP contribution in [0.25, 0.3) is 0 Å². The Morgan fingerprint density at radius 3 is 2.33 bits per heavy atom. The predicted molar refractivity (Wildman–Crippen MR) is 160 cm³/mol. The van der Waals surface area contributed by atoms with Crippen LogP contribution in [0.3, 0.4) is 0 Å². The van der Waals surface area contributed by atoms with Crippen LogP contribution in [-0.4, -0.2) is 51.6 Å². The van der Waals surface area contributed by atoms with E-state index in [4.69, 9.17) is 4.74 Å². The van der Waals surface area contributed by atoms with Gasteiger partial charge in [0.25, 0.3) is 0 Å². The van der Waals surface area contributed by atoms with E-state index in [1.807, 2.05) is 94.4 Å². The maximum absolute atomic E-state index is 14.6. The van der Waals surface area contributed by atoms with Crippen molar-refractivity contribution in [1.29, 1.82) is 0 Å². The highest BCUT2D eigenvalue weighted by Gasteiger charge is 2.80. The monoisotopic (exact) mass is 567 g/mol. The number of rotatable bonds is 7. The highest BCUT2D eigenvalue weighted by molar-refractivity contribution is 6.05. The molecule has 3 fully saturated rings. The average Bonchev–Trinajstić information content (AvgIpc) is 3.49. The third-order valence-electron chi connectivity index (χ3n) is 9.67. The lowest BCUT2D eigenvalue weighted by Crippen LogP contribution is -2.54. The molecule has 218 valence electrons. The minimum atomic E-state index is -1.24. The fourth-order valence-electron chi connectivity index (χ4n) is 7.55. The number of para-hydroxylation sites is 1. The summed E-state index contributed by atoms with van der Waals surface area (Å²) in [7, 11) is 0. The van der Waals surface area contributed by atoms with E-state index in [9.17, 15) is 19.5 Å². The van der Waals surface area contributed by atoms with Crippen molar-refractivity contribution in [2.24, 2.45) is 17.8 Å². The van der Waals surface area contributed by atoms with Crippen LogP contribution in [-0.2, 0) is 19.1 Å². The van der Waals surface area contributed by atoms with E-state index in [1.165, 1.54) is 4.90 Å². The second-order valence-corrected chi connectivity index (χ2v) is 12.2. The van der Waals surface area contributed by atoms with Crippen LogP contribution in [0.5, 0.6) is 0 Å². The molecular weight excluding hydrogens is 530 g/mol. The highest BCUT2D eigenvalue weighted by atomic mass is 16.5. The minimum absolute atomic E-state index is 0.103. The van der Waals surface area contributed by atoms with Gasteiger partial charge in [-0.15, -0.1) is 0 Å². The SMILES string of the molecule is Cc1ccc(C)c(NC(=O)C2N([C@H](CO)c3ccccc3)C(=O)[C@@H]3[C@H](C(=O)Nc4ccccc4)[C@@]4(C)OC23CC4C)c1. The number of nitrogens with one attached hydrogen (secondary N) is 2. The first-order valence-corrected chi connectivity index (χ1v) is 14.5. The Morgan fingerprint density at radius 2 is 1.67 bits per heavy atom. The van der Waals surface area contributed by atoms with Crippen LogP contribution in [0, 0.1) is 31.6 Å². The largest absolute Gasteiger partial charge is 0.394 e. The molecule has 3 amide bonds. The zero-order valence-corrected chi connectivity index (χ0v) is 24.3. The number of hydrogen-bond donors (Lipinski definition) is 3. The van der Waals surface area contributed by atoms with Crippen LogP contribution < -0.4 is 10.6 Å². The summed E-state index contributed by atoms with van der Waals surface area (Å²) < 4.78 is 6.85. The van der Waals surface area contributed by atoms with E-state index in [0.29, 0.717) is 23.4 Å². The van der Waals surface area contributed by atoms with Crippen LogP contribution in [0.1, 0.15) is 43.0 Å². The van der Waals surface area contributed by atoms with Crippen LogP contribution in [0.2, 0.25) is 0 Å². The number of nitrogens with zero attached hydrogens (tertiary/aromatic N) is 1. The number of ether oxygens (including phenoxy) is 1. The van der Waals surface area contributed by atoms with Crippen LogP contribution >= 0.6 is 0 Å². The van der Waals surface area contributed by atoms with Gasteiger partial charge in [0.15, 0.2) is 0 Å². The molecule has 8 heteroatoms. The van der Waals surface area contributed by atoms with Crippen molar-refractivity contribution in [3.8, 4) is 0 Å². The van der Waals surface area contributed by atoms with Crippen molar-refractivity contribution in [2.75, 3.05) is 17.2 Å². The molecular formula is C34H37N3O5. The number of anilines is 2. The van der Waals surface area contributed by atoms with Crippen LogP contribution in [0.15, 0.2) is 78.9 Å². The van der Waals surface area contributed by atoms with Gasteiger partial charge in [-0.05, 0) is 68.0 Å². The lowest BCUT2D eigenvalue weighted by atomic mass is 9.62. The first-order valence-electron chi connectivity index (χ1n) is 14.5. The molecule has 3 unspecified atom stereocenters. The van der Waals surface area contributed by atoms with Crippen molar-refractivity contribution in [1.82, 2.24) is 4.90 Å². The number of likely N-dealkylation sites (tertiary alicyclic amines) is 1. The van der Waals surface area contributed by atoms with Gasteiger partial charge in [0.2, 0.25) is 17.7 Å². The molecule has 42 heavy (non-hydrogen) atoms. The molecule has 8 nitrogen and oxygen atoms in total. The molecule has 6 rings (SSSR count). The lowest BCUT2D eigenvalue weighted by molar-refractivity contribution is -0.148. The molecule has 3 aromatic rings. The Kier molecular flexibility index (Phi) is 6.94. The molecule has 7 atom stereocenters. The van der Waals surface area contributed by atoms with Gasteiger partial charge in [0.05, 0.1) is 30.1 Å². The molecule has 0 aliphatic carbocycles. The van der Waals surface area contributed by atoms with E-state index < -0.39 is 41.0 Å². The number of benzene rings is 3. The summed E-state index contributed by atoms with van der Waals surface area (Å²) in [6.07, 6.45) is 0.434. The van der Waals surface area contributed by atoms with Crippen molar-refractivity contribution >= 4 is 29.1 Å². The standard InChI is InChI=1S/C34H37N3O5/c1-20-15-16-21(2)25(17-20)36-31(40)29-34-18-22(3)33(4,42-34)27(30(39)35-24-13-9-6-10-14-24)28(34)32(41)37(29)26(19-38)23-11-7-5-8-12-23/h5-17,22,26-29,38H,18-19H2,1-4H3,(H,35,39)(H,36,40)/t22?,26-,27-,28+,29?,33+,34?/m1/s1. The van der Waals surface area contributed by atoms with Gasteiger partial charge < -0.3 is 25.4 Å². The molecule has 3 saturated heterocycles. The van der Waals surface area contributed by atoms with Gasteiger partial charge in [-0.3, -0.25) is 14.4 Å². The summed E-state index contributed by atoms with van der Waals surface area (Å²) >= 11 is 0. The minimum Gasteiger partial charge on any atom is -0.394 e. The van der Waals surface area contributed by atoms with Crippen molar-refractivity contribution in [3.63, 3.8) is 0 Å². The smallest absolute Gasteiger partial charge is 0.250 e. The topological polar surface area (TPSA) is 108 Å². The Balaban J connectivity index is 1.46. The van der Waals surface area contributed by atoms with E-state index in [2.05, 4.69) is 10.6 Å². The normalized spacial score (nSPS) is 30.2. The molecule has 3 heterocycles. The summed E-state index contributed by atoms with van der Waals surface area (Å²) in [4.78, 5) is 44.5. The molecule has 3 N–H and O–H groups in total. The molecule has 0 radical (unpaired) electrons. The molecule has 0 aromatic heterocycles. The summed E-state index contributed by atoms with van der Waals surface area (Å²) in [5.41, 5.74) is 1.65. The third-order valence-corrected chi connectivity index (χ3v) is 9.67. The van der Waals surface area contributed by atoms with E-state index >= 15 is 0 Å². The predicted octanol–water partition coefficient (Wildman–Crippen LogP) is 4.62. The summed E-state index contributed by atoms with van der Waals surface area (Å²) in [5, 5.41) is 16.8. The fourth-order valence-corrected chi connectivity index (χ4v) is 7.55. The van der Waals surface area contributed by atoms with Gasteiger partial charge in [-0.1, -0.05) is 67.6 Å². The molecule has 3 aliphatic rings. The van der Waals surface area contributed by atoms with Crippen LogP contribution in [0.4, 0.5) is 11.4 Å². The summed E-state index contributed by atoms with van der Waals surface area (Å²) in [5.74, 6) is -2.89. The molecule has 0 saturated carbocycles. The number of fused-ring (bicyclic) bond motifs is 1. The first kappa shape index (κ1) is 28.1. The molecule has 1 spiro atoms. The average molecular weight is 568 g/mol. The Morgan fingerprint density at radius 1 is 1.00 bits per heavy atom. The number of aliphatic hydroxyl groups is 1. The zero-order valence-electron chi connectivity index (χ0n) is 24.3. The Hall–Kier alpha value is -4.01. The Bertz CT molecular complexity index is 1530. The van der Waals surface area contributed by atoms with E-state index in [-0.39, 0.29) is 24.3 Å². The van der Waals surface area contributed by atoms with E-state index in [1.54, 1.807) is 12.1 Å². The number of aliphatic hydroxyl groups excluding tert-OH is 1. The number of carbonyl (C=O) groups excluding carboxylic acids is 3. The van der Waals surface area contributed by atoms with Gasteiger partial charge >= 0.3 is 0 Å². The fraction of sp³-hybridized carbons (Fsp3) is 0.382. The molecule has 2 bridgehead atoms. The number of carbonyl (C=O) groups is 3. The Labute approximate surface area is 246 Å². The second kappa shape index (κ2) is 10.4. The van der Waals surface area contributed by atoms with Gasteiger partial charge in [-0.2, -0.15) is 0 Å². The van der Waals surface area contributed by atoms with Crippen molar-refractivity contribution in [3.05, 3.63) is 95.6 Å².